The van der Waals surface area contributed by atoms with Crippen molar-refractivity contribution in [2.24, 2.45) is 0 Å². The summed E-state index contributed by atoms with van der Waals surface area (Å²) in [7, 11) is 0. The largest absolute Gasteiger partial charge is 0.417 e. The van der Waals surface area contributed by atoms with Crippen LogP contribution in [0.3, 0.4) is 0 Å². The van der Waals surface area contributed by atoms with Gasteiger partial charge >= 0.3 is 6.18 Å². The van der Waals surface area contributed by atoms with Crippen molar-refractivity contribution >= 4 is 40.1 Å². The molecule has 14 heteroatoms. The van der Waals surface area contributed by atoms with Crippen LogP contribution < -0.4 is 5.32 Å². The smallest absolute Gasteiger partial charge is 0.343 e. The summed E-state index contributed by atoms with van der Waals surface area (Å²) in [4.78, 5) is 37.8. The highest BCUT2D eigenvalue weighted by atomic mass is 35.5. The second-order valence-electron chi connectivity index (χ2n) is 8.71. The number of hydrogen-bond donors (Lipinski definition) is 1. The molecule has 5 aromatic rings. The Labute approximate surface area is 232 Å². The lowest BCUT2D eigenvalue weighted by atomic mass is 10.1. The maximum Gasteiger partial charge on any atom is 0.417 e. The van der Waals surface area contributed by atoms with E-state index in [9.17, 15) is 27.2 Å². The molecule has 204 valence electrons. The fraction of sp³-hybridized carbons (Fsp3) is 0.154. The van der Waals surface area contributed by atoms with E-state index in [2.05, 4.69) is 25.4 Å². The number of amides is 1. The first-order valence-electron chi connectivity index (χ1n) is 11.6. The van der Waals surface area contributed by atoms with Gasteiger partial charge in [-0.1, -0.05) is 17.7 Å². The lowest BCUT2D eigenvalue weighted by molar-refractivity contribution is -0.137. The Kier molecular flexibility index (Phi) is 7.34. The Morgan fingerprint density at radius 3 is 2.62 bits per heavy atom. The molecule has 0 aliphatic carbocycles. The third-order valence-corrected chi connectivity index (χ3v) is 7.40. The van der Waals surface area contributed by atoms with E-state index < -0.39 is 40.3 Å². The number of thiazole rings is 1. The highest BCUT2D eigenvalue weighted by Gasteiger charge is 2.34. The minimum atomic E-state index is -4.68. The molecule has 0 aliphatic rings. The van der Waals surface area contributed by atoms with Crippen LogP contribution in [-0.2, 0) is 12.6 Å². The molecule has 5 aromatic heterocycles. The van der Waals surface area contributed by atoms with Crippen LogP contribution in [0.25, 0.3) is 16.6 Å². The number of alkyl halides is 3. The van der Waals surface area contributed by atoms with Crippen molar-refractivity contribution in [3.05, 3.63) is 99.0 Å². The summed E-state index contributed by atoms with van der Waals surface area (Å²) in [6, 6.07) is 4.91. The van der Waals surface area contributed by atoms with Gasteiger partial charge in [-0.15, -0.1) is 11.3 Å². The van der Waals surface area contributed by atoms with Crippen LogP contribution >= 0.6 is 22.9 Å². The predicted molar refractivity (Wildman–Crippen MR) is 139 cm³/mol. The van der Waals surface area contributed by atoms with E-state index in [4.69, 9.17) is 11.6 Å². The van der Waals surface area contributed by atoms with E-state index >= 15 is 0 Å². The van der Waals surface area contributed by atoms with Crippen LogP contribution in [0, 0.1) is 5.82 Å². The van der Waals surface area contributed by atoms with E-state index in [1.54, 1.807) is 25.3 Å². The quantitative estimate of drug-likeness (QED) is 0.185. The van der Waals surface area contributed by atoms with E-state index in [0.29, 0.717) is 21.7 Å². The van der Waals surface area contributed by atoms with Crippen molar-refractivity contribution in [1.82, 2.24) is 29.9 Å². The molecular weight excluding hydrogens is 572 g/mol. The number of ketones is 1. The van der Waals surface area contributed by atoms with Gasteiger partial charge in [0.15, 0.2) is 5.78 Å². The summed E-state index contributed by atoms with van der Waals surface area (Å²) >= 11 is 6.61. The van der Waals surface area contributed by atoms with Crippen LogP contribution in [0.4, 0.5) is 17.6 Å². The second kappa shape index (κ2) is 10.7. The van der Waals surface area contributed by atoms with E-state index in [-0.39, 0.29) is 22.6 Å². The predicted octanol–water partition coefficient (Wildman–Crippen LogP) is 5.98. The maximum atomic E-state index is 13.5. The third kappa shape index (κ3) is 5.70. The van der Waals surface area contributed by atoms with Crippen LogP contribution in [0.5, 0.6) is 0 Å². The Bertz CT molecular complexity index is 1750. The number of aromatic nitrogens is 5. The molecule has 1 unspecified atom stereocenters. The van der Waals surface area contributed by atoms with Crippen LogP contribution in [-0.4, -0.2) is 36.3 Å². The molecule has 0 radical (unpaired) electrons. The number of nitrogens with one attached hydrogen (secondary N) is 1. The average Bonchev–Trinajstić information content (AvgIpc) is 3.57. The zero-order valence-electron chi connectivity index (χ0n) is 20.4. The summed E-state index contributed by atoms with van der Waals surface area (Å²) < 4.78 is 54.4. The molecule has 1 N–H and O–H groups in total. The van der Waals surface area contributed by atoms with Gasteiger partial charge in [-0.2, -0.15) is 18.3 Å². The van der Waals surface area contributed by atoms with Gasteiger partial charge in [0.2, 0.25) is 0 Å². The number of halogens is 5. The molecule has 0 aliphatic heterocycles. The summed E-state index contributed by atoms with van der Waals surface area (Å²) in [5.41, 5.74) is 0.871. The molecule has 0 spiro atoms. The molecule has 0 aromatic carbocycles. The molecular formula is C26H17ClF4N6O2S. The standard InChI is InChI=1S/C26H17ClF4N6O2S/c1-13(25-34-11-23(40-25)22(38)6-17-5-19(26(29,30)31)20(27)10-33-17)36-24(39)18-9-35-37-12-14(2-3-21(18)37)15-4-16(28)8-32-7-15/h2-5,7-13H,6H2,1H3,(H,36,39). The number of pyridine rings is 3. The number of fused-ring (bicyclic) bond motifs is 1. The van der Waals surface area contributed by atoms with Gasteiger partial charge < -0.3 is 5.32 Å². The Morgan fingerprint density at radius 1 is 1.07 bits per heavy atom. The third-order valence-electron chi connectivity index (χ3n) is 5.87. The first kappa shape index (κ1) is 27.3. The van der Waals surface area contributed by atoms with Crippen molar-refractivity contribution in [2.75, 3.05) is 0 Å². The van der Waals surface area contributed by atoms with Gasteiger partial charge in [-0.3, -0.25) is 19.6 Å². The highest BCUT2D eigenvalue weighted by molar-refractivity contribution is 7.13. The van der Waals surface area contributed by atoms with Gasteiger partial charge in [0.25, 0.3) is 5.91 Å². The molecule has 5 heterocycles. The van der Waals surface area contributed by atoms with E-state index in [1.165, 1.54) is 29.2 Å². The molecule has 1 amide bonds. The zero-order chi connectivity index (χ0) is 28.6. The van der Waals surface area contributed by atoms with Crippen LogP contribution in [0.2, 0.25) is 5.02 Å². The topological polar surface area (TPSA) is 102 Å². The summed E-state index contributed by atoms with van der Waals surface area (Å²) in [6.45, 7) is 1.68. The molecule has 1 atom stereocenters. The number of carbonyl (C=O) groups is 2. The minimum Gasteiger partial charge on any atom is -0.343 e. The number of carbonyl (C=O) groups excluding carboxylic acids is 2. The monoisotopic (exact) mass is 588 g/mol. The number of nitrogens with zero attached hydrogens (tertiary/aromatic N) is 5. The van der Waals surface area contributed by atoms with E-state index in [1.807, 2.05) is 0 Å². The van der Waals surface area contributed by atoms with Crippen LogP contribution in [0.15, 0.2) is 61.4 Å². The molecule has 0 bridgehead atoms. The van der Waals surface area contributed by atoms with Crippen molar-refractivity contribution < 1.29 is 27.2 Å². The number of rotatable bonds is 7. The maximum absolute atomic E-state index is 13.5. The van der Waals surface area contributed by atoms with Gasteiger partial charge in [-0.25, -0.2) is 13.9 Å². The first-order valence-corrected chi connectivity index (χ1v) is 12.8. The molecule has 0 fully saturated rings. The van der Waals surface area contributed by atoms with Crippen molar-refractivity contribution in [3.63, 3.8) is 0 Å². The Morgan fingerprint density at radius 2 is 1.88 bits per heavy atom. The summed E-state index contributed by atoms with van der Waals surface area (Å²) in [5, 5.41) is 6.90. The molecule has 5 rings (SSSR count). The Balaban J connectivity index is 1.27. The number of Topliss-reactive ketones (excluding diaryl/α,β-unsaturated/α-hetero) is 1. The molecule has 40 heavy (non-hydrogen) atoms. The van der Waals surface area contributed by atoms with Crippen molar-refractivity contribution in [2.45, 2.75) is 25.6 Å². The van der Waals surface area contributed by atoms with Crippen molar-refractivity contribution in [1.29, 1.82) is 0 Å². The lowest BCUT2D eigenvalue weighted by Crippen LogP contribution is -2.26. The molecule has 8 nitrogen and oxygen atoms in total. The average molecular weight is 589 g/mol. The van der Waals surface area contributed by atoms with Gasteiger partial charge in [0, 0.05) is 41.6 Å². The summed E-state index contributed by atoms with van der Waals surface area (Å²) in [6.07, 6.45) is 2.79. The fourth-order valence-corrected chi connectivity index (χ4v) is 4.97. The van der Waals surface area contributed by atoms with Gasteiger partial charge in [-0.05, 0) is 25.1 Å². The molecule has 0 saturated heterocycles. The van der Waals surface area contributed by atoms with Gasteiger partial charge in [0.1, 0.15) is 10.8 Å². The van der Waals surface area contributed by atoms with E-state index in [0.717, 1.165) is 29.8 Å². The number of hydrogen-bond acceptors (Lipinski definition) is 7. The first-order chi connectivity index (χ1) is 19.0. The van der Waals surface area contributed by atoms with Crippen LogP contribution in [0.1, 0.15) is 49.3 Å². The zero-order valence-corrected chi connectivity index (χ0v) is 22.0. The second-order valence-corrected chi connectivity index (χ2v) is 10.2. The van der Waals surface area contributed by atoms with Gasteiger partial charge in [0.05, 0.1) is 51.4 Å². The SMILES string of the molecule is CC(NC(=O)c1cnn2cc(-c3cncc(F)c3)ccc12)c1ncc(C(=O)Cc2cc(C(F)(F)F)c(Cl)cn2)s1. The van der Waals surface area contributed by atoms with Crippen molar-refractivity contribution in [3.8, 4) is 11.1 Å². The normalized spacial score (nSPS) is 12.4. The minimum absolute atomic E-state index is 0.0806. The Hall–Kier alpha value is -4.23. The molecule has 0 saturated carbocycles. The fourth-order valence-electron chi connectivity index (χ4n) is 3.90. The lowest BCUT2D eigenvalue weighted by Gasteiger charge is -2.11. The highest BCUT2D eigenvalue weighted by Crippen LogP contribution is 2.34. The summed E-state index contributed by atoms with van der Waals surface area (Å²) in [5.74, 6) is -1.38.